The minimum atomic E-state index is -0.310. The molecule has 0 aromatic rings. The third kappa shape index (κ3) is 3.14. The number of hydrogen-bond acceptors (Lipinski definition) is 3. The maximum Gasteiger partial charge on any atom is 0.245 e. The zero-order chi connectivity index (χ0) is 12.1. The van der Waals surface area contributed by atoms with Crippen molar-refractivity contribution in [2.24, 2.45) is 0 Å². The predicted molar refractivity (Wildman–Crippen MR) is 66.4 cm³/mol. The molecule has 1 rings (SSSR count). The molecule has 2 atom stereocenters. The number of rotatable bonds is 5. The summed E-state index contributed by atoms with van der Waals surface area (Å²) in [5.74, 6) is 0.909. The van der Waals surface area contributed by atoms with Crippen molar-refractivity contribution >= 4 is 23.6 Å². The van der Waals surface area contributed by atoms with Crippen LogP contribution < -0.4 is 5.32 Å². The Hall–Kier alpha value is -0.710. The van der Waals surface area contributed by atoms with E-state index in [0.717, 1.165) is 18.6 Å². The number of carbonyl (C=O) groups excluding carboxylic acids is 2. The van der Waals surface area contributed by atoms with E-state index in [-0.39, 0.29) is 30.4 Å². The molecule has 1 N–H and O–H groups in total. The van der Waals surface area contributed by atoms with Crippen LogP contribution in [0.1, 0.15) is 26.7 Å². The van der Waals surface area contributed by atoms with Crippen LogP contribution in [0.5, 0.6) is 0 Å². The van der Waals surface area contributed by atoms with E-state index in [1.54, 1.807) is 16.7 Å². The van der Waals surface area contributed by atoms with Gasteiger partial charge in [0.25, 0.3) is 0 Å². The Bertz CT molecular complexity index is 271. The predicted octanol–water partition coefficient (Wildman–Crippen LogP) is 0.865. The van der Waals surface area contributed by atoms with E-state index in [2.05, 4.69) is 5.32 Å². The first-order chi connectivity index (χ1) is 7.60. The van der Waals surface area contributed by atoms with Crippen LogP contribution >= 0.6 is 11.8 Å². The van der Waals surface area contributed by atoms with Gasteiger partial charge in [-0.1, -0.05) is 13.3 Å². The van der Waals surface area contributed by atoms with E-state index in [4.69, 9.17) is 0 Å². The standard InChI is InChI=1S/C11H20N2O2S/c1-4-5-9-11(15)13(6-10(14)12-9)8(2)7-16-3/h8-9H,4-7H2,1-3H3,(H,12,14). The van der Waals surface area contributed by atoms with Gasteiger partial charge in [-0.25, -0.2) is 0 Å². The van der Waals surface area contributed by atoms with Crippen molar-refractivity contribution in [2.45, 2.75) is 38.8 Å². The minimum absolute atomic E-state index is 0.0361. The quantitative estimate of drug-likeness (QED) is 0.780. The van der Waals surface area contributed by atoms with E-state index >= 15 is 0 Å². The highest BCUT2D eigenvalue weighted by atomic mass is 32.2. The first kappa shape index (κ1) is 13.4. The summed E-state index contributed by atoms with van der Waals surface area (Å²) < 4.78 is 0. The van der Waals surface area contributed by atoms with Crippen LogP contribution in [0, 0.1) is 0 Å². The molecule has 0 radical (unpaired) electrons. The lowest BCUT2D eigenvalue weighted by atomic mass is 10.1. The van der Waals surface area contributed by atoms with Gasteiger partial charge in [-0.15, -0.1) is 0 Å². The highest BCUT2D eigenvalue weighted by Gasteiger charge is 2.34. The lowest BCUT2D eigenvalue weighted by Crippen LogP contribution is -2.60. The summed E-state index contributed by atoms with van der Waals surface area (Å²) in [7, 11) is 0. The van der Waals surface area contributed by atoms with Crippen molar-refractivity contribution in [3.8, 4) is 0 Å². The largest absolute Gasteiger partial charge is 0.343 e. The maximum atomic E-state index is 12.1. The Morgan fingerprint density at radius 3 is 2.81 bits per heavy atom. The Labute approximate surface area is 101 Å². The Balaban J connectivity index is 2.68. The molecule has 0 bridgehead atoms. The van der Waals surface area contributed by atoms with Crippen molar-refractivity contribution in [3.63, 3.8) is 0 Å². The second kappa shape index (κ2) is 6.13. The second-order valence-corrected chi connectivity index (χ2v) is 5.09. The van der Waals surface area contributed by atoms with E-state index in [9.17, 15) is 9.59 Å². The molecule has 0 aromatic heterocycles. The van der Waals surface area contributed by atoms with Crippen LogP contribution in [0.4, 0.5) is 0 Å². The number of amides is 2. The fraction of sp³-hybridized carbons (Fsp3) is 0.818. The SMILES string of the molecule is CCCC1NC(=O)CN(C(C)CSC)C1=O. The van der Waals surface area contributed by atoms with Gasteiger partial charge in [0.15, 0.2) is 0 Å². The van der Waals surface area contributed by atoms with Crippen LogP contribution in [0.15, 0.2) is 0 Å². The molecule has 5 heteroatoms. The monoisotopic (exact) mass is 244 g/mol. The van der Waals surface area contributed by atoms with E-state index in [1.165, 1.54) is 0 Å². The summed E-state index contributed by atoms with van der Waals surface area (Å²) in [6.45, 7) is 4.22. The zero-order valence-corrected chi connectivity index (χ0v) is 11.0. The van der Waals surface area contributed by atoms with E-state index in [0.29, 0.717) is 0 Å². The average Bonchev–Trinajstić information content (AvgIpc) is 2.23. The van der Waals surface area contributed by atoms with Crippen molar-refractivity contribution in [1.82, 2.24) is 10.2 Å². The van der Waals surface area contributed by atoms with E-state index in [1.807, 2.05) is 20.1 Å². The molecule has 1 saturated heterocycles. The molecular weight excluding hydrogens is 224 g/mol. The molecule has 0 spiro atoms. The highest BCUT2D eigenvalue weighted by Crippen LogP contribution is 2.13. The smallest absolute Gasteiger partial charge is 0.245 e. The van der Waals surface area contributed by atoms with Gasteiger partial charge in [-0.3, -0.25) is 9.59 Å². The topological polar surface area (TPSA) is 49.4 Å². The molecule has 0 saturated carbocycles. The minimum Gasteiger partial charge on any atom is -0.343 e. The van der Waals surface area contributed by atoms with Gasteiger partial charge in [-0.05, 0) is 19.6 Å². The highest BCUT2D eigenvalue weighted by molar-refractivity contribution is 7.98. The molecule has 2 amide bonds. The van der Waals surface area contributed by atoms with Gasteiger partial charge >= 0.3 is 0 Å². The molecule has 1 aliphatic heterocycles. The Morgan fingerprint density at radius 2 is 2.25 bits per heavy atom. The molecule has 1 aliphatic rings. The van der Waals surface area contributed by atoms with Crippen molar-refractivity contribution in [3.05, 3.63) is 0 Å². The summed E-state index contributed by atoms with van der Waals surface area (Å²) in [6, 6.07) is -0.177. The lowest BCUT2D eigenvalue weighted by Gasteiger charge is -2.36. The van der Waals surface area contributed by atoms with Crippen molar-refractivity contribution in [1.29, 1.82) is 0 Å². The van der Waals surface area contributed by atoms with Crippen LogP contribution in [0.2, 0.25) is 0 Å². The van der Waals surface area contributed by atoms with Gasteiger partial charge in [0, 0.05) is 11.8 Å². The van der Waals surface area contributed by atoms with Crippen LogP contribution in [0.25, 0.3) is 0 Å². The molecule has 0 aromatic carbocycles. The number of nitrogens with one attached hydrogen (secondary N) is 1. The molecule has 4 nitrogen and oxygen atoms in total. The molecule has 16 heavy (non-hydrogen) atoms. The van der Waals surface area contributed by atoms with Gasteiger partial charge in [-0.2, -0.15) is 11.8 Å². The molecule has 2 unspecified atom stereocenters. The first-order valence-electron chi connectivity index (χ1n) is 5.69. The van der Waals surface area contributed by atoms with E-state index < -0.39 is 0 Å². The van der Waals surface area contributed by atoms with Crippen LogP contribution in [0.3, 0.4) is 0 Å². The lowest BCUT2D eigenvalue weighted by molar-refractivity contribution is -0.146. The van der Waals surface area contributed by atoms with Crippen molar-refractivity contribution in [2.75, 3.05) is 18.6 Å². The van der Waals surface area contributed by atoms with Crippen molar-refractivity contribution < 1.29 is 9.59 Å². The van der Waals surface area contributed by atoms with Crippen LogP contribution in [-0.4, -0.2) is 47.4 Å². The normalized spacial score (nSPS) is 23.2. The fourth-order valence-corrected chi connectivity index (χ4v) is 2.59. The second-order valence-electron chi connectivity index (χ2n) is 4.18. The first-order valence-corrected chi connectivity index (χ1v) is 7.08. The van der Waals surface area contributed by atoms with Gasteiger partial charge < -0.3 is 10.2 Å². The summed E-state index contributed by atoms with van der Waals surface area (Å²) in [5, 5.41) is 2.76. The van der Waals surface area contributed by atoms with Gasteiger partial charge in [0.1, 0.15) is 6.04 Å². The number of piperazine rings is 1. The Kier molecular flexibility index (Phi) is 5.12. The third-order valence-corrected chi connectivity index (χ3v) is 3.56. The number of hydrogen-bond donors (Lipinski definition) is 1. The maximum absolute atomic E-state index is 12.1. The van der Waals surface area contributed by atoms with Gasteiger partial charge in [0.2, 0.25) is 11.8 Å². The summed E-state index contributed by atoms with van der Waals surface area (Å²) >= 11 is 1.70. The fourth-order valence-electron chi connectivity index (χ4n) is 1.92. The molecular formula is C11H20N2O2S. The summed E-state index contributed by atoms with van der Waals surface area (Å²) in [5.41, 5.74) is 0. The molecule has 1 fully saturated rings. The van der Waals surface area contributed by atoms with Gasteiger partial charge in [0.05, 0.1) is 6.54 Å². The summed E-state index contributed by atoms with van der Waals surface area (Å²) in [4.78, 5) is 25.3. The Morgan fingerprint density at radius 1 is 1.56 bits per heavy atom. The molecule has 1 heterocycles. The summed E-state index contributed by atoms with van der Waals surface area (Å²) in [6.07, 6.45) is 3.64. The zero-order valence-electron chi connectivity index (χ0n) is 10.2. The number of carbonyl (C=O) groups is 2. The molecule has 92 valence electrons. The number of nitrogens with zero attached hydrogens (tertiary/aromatic N) is 1. The average molecular weight is 244 g/mol. The third-order valence-electron chi connectivity index (χ3n) is 2.75. The molecule has 0 aliphatic carbocycles. The van der Waals surface area contributed by atoms with Crippen LogP contribution in [-0.2, 0) is 9.59 Å². The number of thioether (sulfide) groups is 1.